The van der Waals surface area contributed by atoms with Gasteiger partial charge in [0, 0.05) is 5.69 Å². The van der Waals surface area contributed by atoms with Crippen LogP contribution >= 0.6 is 0 Å². The number of hydrogen-bond acceptors (Lipinski definition) is 2. The zero-order valence-electron chi connectivity index (χ0n) is 13.5. The van der Waals surface area contributed by atoms with Gasteiger partial charge in [-0.2, -0.15) is 0 Å². The lowest BCUT2D eigenvalue weighted by atomic mass is 9.68. The molecule has 0 unspecified atom stereocenters. The summed E-state index contributed by atoms with van der Waals surface area (Å²) in [6.45, 7) is 0. The summed E-state index contributed by atoms with van der Waals surface area (Å²) < 4.78 is 0. The van der Waals surface area contributed by atoms with Crippen molar-refractivity contribution in [2.75, 3.05) is 5.32 Å². The van der Waals surface area contributed by atoms with Crippen molar-refractivity contribution in [1.29, 1.82) is 0 Å². The summed E-state index contributed by atoms with van der Waals surface area (Å²) in [5.74, 6) is 1.74. The van der Waals surface area contributed by atoms with Gasteiger partial charge in [-0.25, -0.2) is 4.79 Å². The molecule has 3 aliphatic rings. The summed E-state index contributed by atoms with van der Waals surface area (Å²) in [4.78, 5) is 11.4. The van der Waals surface area contributed by atoms with Crippen molar-refractivity contribution in [2.24, 2.45) is 17.8 Å². The van der Waals surface area contributed by atoms with Crippen LogP contribution in [0.1, 0.15) is 52.7 Å². The predicted octanol–water partition coefficient (Wildman–Crippen LogP) is 4.68. The van der Waals surface area contributed by atoms with Gasteiger partial charge < -0.3 is 10.4 Å². The average Bonchev–Trinajstić information content (AvgIpc) is 3.23. The molecule has 0 amide bonds. The largest absolute Gasteiger partial charge is 0.478 e. The van der Waals surface area contributed by atoms with Crippen molar-refractivity contribution < 1.29 is 9.90 Å². The van der Waals surface area contributed by atoms with Crippen LogP contribution in [0.15, 0.2) is 48.5 Å². The highest BCUT2D eigenvalue weighted by Gasteiger charge is 2.53. The van der Waals surface area contributed by atoms with Gasteiger partial charge >= 0.3 is 5.97 Å². The quantitative estimate of drug-likeness (QED) is 0.845. The Balaban J connectivity index is 1.64. The summed E-state index contributed by atoms with van der Waals surface area (Å²) >= 11 is 0. The van der Waals surface area contributed by atoms with E-state index in [1.165, 1.54) is 30.4 Å². The fraction of sp³-hybridized carbons (Fsp3) is 0.381. The molecule has 2 fully saturated rings. The fourth-order valence-corrected chi connectivity index (χ4v) is 5.61. The lowest BCUT2D eigenvalue weighted by Crippen LogP contribution is -2.35. The molecule has 122 valence electrons. The van der Waals surface area contributed by atoms with Crippen LogP contribution in [0, 0.1) is 17.8 Å². The van der Waals surface area contributed by atoms with E-state index in [4.69, 9.17) is 0 Å². The third-order valence-corrected chi connectivity index (χ3v) is 6.49. The molecule has 1 heterocycles. The lowest BCUT2D eigenvalue weighted by molar-refractivity contribution is 0.0696. The van der Waals surface area contributed by atoms with Crippen LogP contribution in [-0.2, 0) is 0 Å². The second-order valence-electron chi connectivity index (χ2n) is 7.58. The summed E-state index contributed by atoms with van der Waals surface area (Å²) in [5.41, 5.74) is 4.13. The van der Waals surface area contributed by atoms with Gasteiger partial charge in [0.2, 0.25) is 0 Å². The molecule has 2 aliphatic carbocycles. The number of aromatic carboxylic acids is 1. The minimum atomic E-state index is -0.831. The van der Waals surface area contributed by atoms with Crippen molar-refractivity contribution in [3.63, 3.8) is 0 Å². The van der Waals surface area contributed by atoms with Gasteiger partial charge in [0.05, 0.1) is 11.6 Å². The first-order valence-corrected chi connectivity index (χ1v) is 8.91. The second kappa shape index (κ2) is 5.10. The lowest BCUT2D eigenvalue weighted by Gasteiger charge is -2.43. The van der Waals surface area contributed by atoms with Gasteiger partial charge in [-0.3, -0.25) is 0 Å². The Hall–Kier alpha value is -2.29. The molecule has 24 heavy (non-hydrogen) atoms. The van der Waals surface area contributed by atoms with E-state index in [0.717, 1.165) is 17.5 Å². The van der Waals surface area contributed by atoms with Crippen molar-refractivity contribution in [3.8, 4) is 0 Å². The van der Waals surface area contributed by atoms with Gasteiger partial charge in [0.25, 0.3) is 0 Å². The molecule has 0 saturated heterocycles. The molecule has 2 bridgehead atoms. The number of carbonyl (C=O) groups is 1. The van der Waals surface area contributed by atoms with Gasteiger partial charge in [-0.1, -0.05) is 30.3 Å². The highest BCUT2D eigenvalue weighted by molar-refractivity contribution is 5.88. The van der Waals surface area contributed by atoms with E-state index in [0.29, 0.717) is 23.4 Å². The Morgan fingerprint density at radius 1 is 1.04 bits per heavy atom. The number of hydrogen-bond donors (Lipinski definition) is 2. The number of rotatable bonds is 2. The van der Waals surface area contributed by atoms with Crippen LogP contribution in [0.3, 0.4) is 0 Å². The van der Waals surface area contributed by atoms with Crippen LogP contribution in [0.2, 0.25) is 0 Å². The summed E-state index contributed by atoms with van der Waals surface area (Å²) in [7, 11) is 0. The fourth-order valence-electron chi connectivity index (χ4n) is 5.61. The van der Waals surface area contributed by atoms with Crippen molar-refractivity contribution >= 4 is 11.7 Å². The smallest absolute Gasteiger partial charge is 0.335 e. The van der Waals surface area contributed by atoms with E-state index in [1.807, 2.05) is 12.1 Å². The Kier molecular flexibility index (Phi) is 2.99. The Morgan fingerprint density at radius 2 is 1.83 bits per heavy atom. The molecule has 1 aliphatic heterocycles. The van der Waals surface area contributed by atoms with Crippen LogP contribution < -0.4 is 5.32 Å². The first-order valence-electron chi connectivity index (χ1n) is 8.91. The number of nitrogens with one attached hydrogen (secondary N) is 1. The molecule has 2 aromatic rings. The maximum Gasteiger partial charge on any atom is 0.335 e. The molecule has 5 atom stereocenters. The van der Waals surface area contributed by atoms with Crippen molar-refractivity contribution in [1.82, 2.24) is 0 Å². The molecule has 0 radical (unpaired) electrons. The van der Waals surface area contributed by atoms with Crippen LogP contribution in [0.5, 0.6) is 0 Å². The zero-order chi connectivity index (χ0) is 16.3. The van der Waals surface area contributed by atoms with E-state index in [2.05, 4.69) is 35.6 Å². The van der Waals surface area contributed by atoms with Gasteiger partial charge in [0.15, 0.2) is 0 Å². The van der Waals surface area contributed by atoms with Crippen LogP contribution in [0.25, 0.3) is 0 Å². The number of benzene rings is 2. The van der Waals surface area contributed by atoms with Crippen molar-refractivity contribution in [2.45, 2.75) is 31.2 Å². The van der Waals surface area contributed by atoms with E-state index in [-0.39, 0.29) is 0 Å². The van der Waals surface area contributed by atoms with Crippen LogP contribution in [-0.4, -0.2) is 11.1 Å². The highest BCUT2D eigenvalue weighted by Crippen LogP contribution is 2.63. The third kappa shape index (κ3) is 1.94. The van der Waals surface area contributed by atoms with E-state index in [9.17, 15) is 9.90 Å². The Bertz CT molecular complexity index is 801. The molecule has 2 saturated carbocycles. The summed E-state index contributed by atoms with van der Waals surface area (Å²) in [6, 6.07) is 16.7. The Morgan fingerprint density at radius 3 is 2.62 bits per heavy atom. The number of fused-ring (bicyclic) bond motifs is 7. The molecule has 0 aromatic heterocycles. The SMILES string of the molecule is O=C(O)c1ccc2c(c1)[C@H]1[C@H]3CC[C@@H](C3)[C@@H]1[C@H](c1ccccc1)N2. The number of carboxylic acid groups (broad SMARTS) is 1. The summed E-state index contributed by atoms with van der Waals surface area (Å²) in [6.07, 6.45) is 3.92. The molecular formula is C21H21NO2. The average molecular weight is 319 g/mol. The first-order chi connectivity index (χ1) is 11.7. The second-order valence-corrected chi connectivity index (χ2v) is 7.58. The first kappa shape index (κ1) is 14.1. The zero-order valence-corrected chi connectivity index (χ0v) is 13.5. The van der Waals surface area contributed by atoms with Gasteiger partial charge in [-0.15, -0.1) is 0 Å². The number of anilines is 1. The maximum absolute atomic E-state index is 11.4. The van der Waals surface area contributed by atoms with Crippen LogP contribution in [0.4, 0.5) is 5.69 Å². The normalized spacial score (nSPS) is 32.8. The van der Waals surface area contributed by atoms with Gasteiger partial charge in [0.1, 0.15) is 0 Å². The maximum atomic E-state index is 11.4. The molecule has 2 aromatic carbocycles. The van der Waals surface area contributed by atoms with E-state index < -0.39 is 5.97 Å². The van der Waals surface area contributed by atoms with E-state index in [1.54, 1.807) is 6.07 Å². The highest BCUT2D eigenvalue weighted by atomic mass is 16.4. The molecule has 3 nitrogen and oxygen atoms in total. The monoisotopic (exact) mass is 319 g/mol. The number of carboxylic acids is 1. The molecular weight excluding hydrogens is 298 g/mol. The molecule has 0 spiro atoms. The summed E-state index contributed by atoms with van der Waals surface area (Å²) in [5, 5.41) is 13.1. The van der Waals surface area contributed by atoms with Crippen molar-refractivity contribution in [3.05, 3.63) is 65.2 Å². The predicted molar refractivity (Wildman–Crippen MR) is 93.3 cm³/mol. The minimum Gasteiger partial charge on any atom is -0.478 e. The minimum absolute atomic E-state index is 0.342. The molecule has 5 rings (SSSR count). The van der Waals surface area contributed by atoms with Gasteiger partial charge in [-0.05, 0) is 72.3 Å². The third-order valence-electron chi connectivity index (χ3n) is 6.49. The molecule has 3 heteroatoms. The standard InChI is InChI=1S/C21H21NO2/c23-21(24)15-8-9-17-16(11-15)18-13-6-7-14(10-13)19(18)20(22-17)12-4-2-1-3-5-12/h1-5,8-9,11,13-14,18-20,22H,6-7,10H2,(H,23,24)/t13-,14-,18+,19-,20-/m0/s1. The topological polar surface area (TPSA) is 49.3 Å². The van der Waals surface area contributed by atoms with E-state index >= 15 is 0 Å². The molecule has 2 N–H and O–H groups in total. The Labute approximate surface area is 141 Å².